The van der Waals surface area contributed by atoms with Crippen molar-refractivity contribution in [1.82, 2.24) is 20.3 Å². The van der Waals surface area contributed by atoms with Gasteiger partial charge in [-0.1, -0.05) is 0 Å². The lowest BCUT2D eigenvalue weighted by Gasteiger charge is -2.10. The van der Waals surface area contributed by atoms with Crippen molar-refractivity contribution in [3.05, 3.63) is 30.5 Å². The number of hydrogen-bond donors (Lipinski definition) is 2. The van der Waals surface area contributed by atoms with E-state index in [1.54, 1.807) is 13.0 Å². The minimum Gasteiger partial charge on any atom is -0.338 e. The van der Waals surface area contributed by atoms with Crippen LogP contribution in [0, 0.1) is 0 Å². The van der Waals surface area contributed by atoms with E-state index in [9.17, 15) is 18.4 Å². The van der Waals surface area contributed by atoms with Gasteiger partial charge in [0.15, 0.2) is 5.65 Å². The van der Waals surface area contributed by atoms with Gasteiger partial charge >= 0.3 is 6.03 Å². The zero-order chi connectivity index (χ0) is 20.1. The van der Waals surface area contributed by atoms with Crippen LogP contribution in [0.25, 0.3) is 22.4 Å². The molecule has 0 bridgehead atoms. The molecule has 0 aliphatic rings. The van der Waals surface area contributed by atoms with Gasteiger partial charge in [0, 0.05) is 20.1 Å². The summed E-state index contributed by atoms with van der Waals surface area (Å²) in [6, 6.07) is 4.77. The molecule has 9 nitrogen and oxygen atoms in total. The van der Waals surface area contributed by atoms with Gasteiger partial charge in [-0.25, -0.2) is 14.8 Å². The van der Waals surface area contributed by atoms with Crippen molar-refractivity contribution in [3.8, 4) is 28.5 Å². The van der Waals surface area contributed by atoms with Crippen molar-refractivity contribution in [2.45, 2.75) is 6.92 Å². The Balaban J connectivity index is 2.05. The average Bonchev–Trinajstić information content (AvgIpc) is 2.72. The van der Waals surface area contributed by atoms with Crippen LogP contribution < -0.4 is 25.5 Å². The fourth-order valence-corrected chi connectivity index (χ4v) is 2.37. The lowest BCUT2D eigenvalue weighted by Crippen LogP contribution is -2.28. The van der Waals surface area contributed by atoms with Gasteiger partial charge in [-0.15, -0.1) is 0 Å². The third kappa shape index (κ3) is 3.65. The zero-order valence-corrected chi connectivity index (χ0v) is 14.2. The molecule has 3 rings (SSSR count). The number of carbonyl (C=O) groups is 1. The topological polar surface area (TPSA) is 107 Å². The number of anilines is 1. The summed E-state index contributed by atoms with van der Waals surface area (Å²) >= 11 is 0. The second-order valence-corrected chi connectivity index (χ2v) is 5.28. The average molecular weight is 395 g/mol. The number of amides is 2. The number of pyridine rings is 1. The summed E-state index contributed by atoms with van der Waals surface area (Å²) in [4.78, 5) is 34.5. The number of nitrogens with zero attached hydrogens (tertiary/aromatic N) is 3. The minimum absolute atomic E-state index is 0.0199. The van der Waals surface area contributed by atoms with Gasteiger partial charge in [-0.05, 0) is 31.2 Å². The monoisotopic (exact) mass is 395 g/mol. The van der Waals surface area contributed by atoms with Crippen LogP contribution in [-0.4, -0.2) is 27.5 Å². The van der Waals surface area contributed by atoms with Crippen LogP contribution in [0.4, 0.5) is 24.2 Å². The third-order valence-electron chi connectivity index (χ3n) is 3.58. The quantitative estimate of drug-likeness (QED) is 0.656. The smallest absolute Gasteiger partial charge is 0.320 e. The van der Waals surface area contributed by atoms with E-state index in [4.69, 9.17) is 0 Å². The lowest BCUT2D eigenvalue weighted by molar-refractivity contribution is -0.0553. The van der Waals surface area contributed by atoms with Crippen LogP contribution in [0.1, 0.15) is 6.92 Å². The van der Waals surface area contributed by atoms with Gasteiger partial charge in [0.1, 0.15) is 11.3 Å². The first-order chi connectivity index (χ1) is 13.6. The van der Waals surface area contributed by atoms with Gasteiger partial charge in [0.25, 0.3) is 5.75 Å². The molecule has 0 aliphatic heterocycles. The second-order valence-electron chi connectivity index (χ2n) is 5.28. The summed E-state index contributed by atoms with van der Waals surface area (Å²) in [6.07, 6.45) is 1.25. The van der Waals surface area contributed by atoms with Crippen molar-refractivity contribution >= 4 is 23.0 Å². The van der Waals surface area contributed by atoms with E-state index in [0.717, 1.165) is 6.07 Å². The van der Waals surface area contributed by atoms with Gasteiger partial charge in [0.05, 0.1) is 17.5 Å². The molecular weight excluding hydrogens is 383 g/mol. The van der Waals surface area contributed by atoms with Crippen LogP contribution in [0.5, 0.6) is 17.2 Å². The van der Waals surface area contributed by atoms with Gasteiger partial charge in [-0.3, -0.25) is 25.1 Å². The molecule has 12 heteroatoms. The SMILES string of the molecule is CCNC(=O)Nc1ccc2ncc(-c3ccc(OF)c(OF)c3OF)nc2n1. The first kappa shape index (κ1) is 18.9. The highest BCUT2D eigenvalue weighted by molar-refractivity contribution is 5.89. The molecule has 2 heterocycles. The highest BCUT2D eigenvalue weighted by atomic mass is 19.3. The maximum atomic E-state index is 13.0. The van der Waals surface area contributed by atoms with E-state index in [1.165, 1.54) is 18.3 Å². The molecule has 0 aliphatic carbocycles. The Hall–Kier alpha value is -3.83. The third-order valence-corrected chi connectivity index (χ3v) is 3.58. The molecule has 2 N–H and O–H groups in total. The molecule has 146 valence electrons. The first-order valence-corrected chi connectivity index (χ1v) is 7.83. The van der Waals surface area contributed by atoms with Crippen molar-refractivity contribution in [1.29, 1.82) is 0 Å². The summed E-state index contributed by atoms with van der Waals surface area (Å²) in [6.45, 7) is 2.18. The lowest BCUT2D eigenvalue weighted by atomic mass is 10.1. The molecule has 0 spiro atoms. The number of nitrogens with one attached hydrogen (secondary N) is 2. The van der Waals surface area contributed by atoms with Crippen molar-refractivity contribution < 1.29 is 33.2 Å². The number of benzene rings is 1. The zero-order valence-electron chi connectivity index (χ0n) is 14.2. The summed E-state index contributed by atoms with van der Waals surface area (Å²) in [5.41, 5.74) is 0.393. The molecule has 2 amide bonds. The summed E-state index contributed by atoms with van der Waals surface area (Å²) in [5.74, 6) is -2.30. The standard InChI is InChI=1S/C16H12F3N5O4/c1-2-20-16(25)24-12-6-4-9-15(23-12)22-10(7-21-9)8-3-5-11(26-17)14(28-19)13(8)27-18/h3-7H,2H2,1H3,(H2,20,22,23,24,25). The molecule has 0 unspecified atom stereocenters. The first-order valence-electron chi connectivity index (χ1n) is 7.83. The molecule has 28 heavy (non-hydrogen) atoms. The summed E-state index contributed by atoms with van der Waals surface area (Å²) in [7, 11) is 0. The minimum atomic E-state index is -0.955. The number of halogens is 3. The normalized spacial score (nSPS) is 10.4. The predicted molar refractivity (Wildman–Crippen MR) is 90.7 cm³/mol. The number of carbonyl (C=O) groups excluding carboxylic acids is 1. The predicted octanol–water partition coefficient (Wildman–Crippen LogP) is 3.62. The van der Waals surface area contributed by atoms with Crippen molar-refractivity contribution in [2.75, 3.05) is 11.9 Å². The van der Waals surface area contributed by atoms with E-state index in [0.29, 0.717) is 12.1 Å². The van der Waals surface area contributed by atoms with Crippen LogP contribution in [0.15, 0.2) is 30.5 Å². The van der Waals surface area contributed by atoms with E-state index in [-0.39, 0.29) is 22.7 Å². The fourth-order valence-electron chi connectivity index (χ4n) is 2.37. The Kier molecular flexibility index (Phi) is 5.58. The number of fused-ring (bicyclic) bond motifs is 1. The molecule has 3 aromatic rings. The molecule has 1 aromatic carbocycles. The Bertz CT molecular complexity index is 1020. The van der Waals surface area contributed by atoms with Crippen molar-refractivity contribution in [3.63, 3.8) is 0 Å². The second kappa shape index (κ2) is 8.24. The fraction of sp³-hybridized carbons (Fsp3) is 0.125. The molecule has 0 saturated carbocycles. The van der Waals surface area contributed by atoms with Crippen LogP contribution in [0.2, 0.25) is 0 Å². The van der Waals surface area contributed by atoms with Crippen LogP contribution in [-0.2, 0) is 0 Å². The molecule has 0 radical (unpaired) electrons. The van der Waals surface area contributed by atoms with Crippen LogP contribution >= 0.6 is 0 Å². The highest BCUT2D eigenvalue weighted by Gasteiger charge is 2.23. The van der Waals surface area contributed by atoms with E-state index >= 15 is 0 Å². The van der Waals surface area contributed by atoms with Crippen molar-refractivity contribution in [2.24, 2.45) is 0 Å². The Morgan fingerprint density at radius 2 is 1.82 bits per heavy atom. The van der Waals surface area contributed by atoms with E-state index < -0.39 is 23.3 Å². The molecular formula is C16H12F3N5O4. The van der Waals surface area contributed by atoms with Gasteiger partial charge in [-0.2, -0.15) is 0 Å². The highest BCUT2D eigenvalue weighted by Crippen LogP contribution is 2.44. The Morgan fingerprint density at radius 1 is 1.04 bits per heavy atom. The number of hydrogen-bond acceptors (Lipinski definition) is 7. The molecule has 2 aromatic heterocycles. The number of rotatable bonds is 6. The number of aromatic nitrogens is 3. The molecule has 0 atom stereocenters. The Morgan fingerprint density at radius 3 is 2.50 bits per heavy atom. The molecule has 0 saturated heterocycles. The Labute approximate surface area is 155 Å². The molecule has 0 fully saturated rings. The number of urea groups is 1. The van der Waals surface area contributed by atoms with E-state index in [2.05, 4.69) is 40.4 Å². The summed E-state index contributed by atoms with van der Waals surface area (Å²) < 4.78 is 38.1. The maximum absolute atomic E-state index is 13.0. The van der Waals surface area contributed by atoms with Gasteiger partial charge < -0.3 is 5.32 Å². The van der Waals surface area contributed by atoms with E-state index in [1.807, 2.05) is 0 Å². The van der Waals surface area contributed by atoms with Gasteiger partial charge in [0.2, 0.25) is 11.5 Å². The summed E-state index contributed by atoms with van der Waals surface area (Å²) in [5, 5.41) is 5.05. The van der Waals surface area contributed by atoms with Crippen LogP contribution in [0.3, 0.4) is 0 Å². The largest absolute Gasteiger partial charge is 0.338 e. The maximum Gasteiger partial charge on any atom is 0.320 e.